The lowest BCUT2D eigenvalue weighted by atomic mass is 10.1. The smallest absolute Gasteiger partial charge is 0.317 e. The van der Waals surface area contributed by atoms with E-state index >= 15 is 0 Å². The summed E-state index contributed by atoms with van der Waals surface area (Å²) >= 11 is 5.89. The summed E-state index contributed by atoms with van der Waals surface area (Å²) in [4.78, 5) is 16.7. The standard InChI is InChI=1S/C21H26ClN3O/c1-16-4-3-5-17(2)20(16)24-12-14-25(15-13-24)21(26)23-11-10-18-6-8-19(22)9-7-18/h3-9H,10-15H2,1-2H3,(H,23,26). The number of nitrogens with one attached hydrogen (secondary N) is 1. The molecule has 138 valence electrons. The van der Waals surface area contributed by atoms with E-state index in [-0.39, 0.29) is 6.03 Å². The molecule has 0 radical (unpaired) electrons. The van der Waals surface area contributed by atoms with E-state index in [2.05, 4.69) is 42.3 Å². The van der Waals surface area contributed by atoms with Crippen LogP contribution in [0.4, 0.5) is 10.5 Å². The van der Waals surface area contributed by atoms with Gasteiger partial charge in [-0.05, 0) is 49.1 Å². The van der Waals surface area contributed by atoms with Crippen LogP contribution in [-0.4, -0.2) is 43.7 Å². The first-order valence-electron chi connectivity index (χ1n) is 9.13. The first-order valence-corrected chi connectivity index (χ1v) is 9.51. The van der Waals surface area contributed by atoms with Crippen molar-refractivity contribution >= 4 is 23.3 Å². The molecular formula is C21H26ClN3O. The Morgan fingerprint density at radius 3 is 2.23 bits per heavy atom. The van der Waals surface area contributed by atoms with Crippen molar-refractivity contribution in [1.82, 2.24) is 10.2 Å². The zero-order chi connectivity index (χ0) is 18.5. The average Bonchev–Trinajstić information content (AvgIpc) is 2.64. The van der Waals surface area contributed by atoms with Crippen LogP contribution in [0.25, 0.3) is 0 Å². The van der Waals surface area contributed by atoms with Crippen LogP contribution in [0.5, 0.6) is 0 Å². The van der Waals surface area contributed by atoms with Crippen molar-refractivity contribution in [3.63, 3.8) is 0 Å². The van der Waals surface area contributed by atoms with Crippen LogP contribution in [0.15, 0.2) is 42.5 Å². The van der Waals surface area contributed by atoms with Gasteiger partial charge in [-0.3, -0.25) is 0 Å². The van der Waals surface area contributed by atoms with Crippen molar-refractivity contribution in [2.75, 3.05) is 37.6 Å². The second-order valence-electron chi connectivity index (χ2n) is 6.82. The molecule has 1 aliphatic rings. The average molecular weight is 372 g/mol. The van der Waals surface area contributed by atoms with Crippen LogP contribution < -0.4 is 10.2 Å². The van der Waals surface area contributed by atoms with E-state index in [4.69, 9.17) is 11.6 Å². The monoisotopic (exact) mass is 371 g/mol. The van der Waals surface area contributed by atoms with Gasteiger partial charge in [-0.25, -0.2) is 4.79 Å². The second-order valence-corrected chi connectivity index (χ2v) is 7.26. The Balaban J connectivity index is 1.47. The fourth-order valence-corrected chi connectivity index (χ4v) is 3.64. The molecule has 0 aromatic heterocycles. The number of nitrogens with zero attached hydrogens (tertiary/aromatic N) is 2. The highest BCUT2D eigenvalue weighted by Gasteiger charge is 2.22. The molecule has 0 unspecified atom stereocenters. The van der Waals surface area contributed by atoms with Crippen LogP contribution in [-0.2, 0) is 6.42 Å². The first kappa shape index (κ1) is 18.6. The van der Waals surface area contributed by atoms with E-state index < -0.39 is 0 Å². The number of hydrogen-bond acceptors (Lipinski definition) is 2. The quantitative estimate of drug-likeness (QED) is 0.880. The fourth-order valence-electron chi connectivity index (χ4n) is 3.51. The van der Waals surface area contributed by atoms with Gasteiger partial charge in [-0.1, -0.05) is 41.9 Å². The topological polar surface area (TPSA) is 35.6 Å². The number of carbonyl (C=O) groups is 1. The van der Waals surface area contributed by atoms with Crippen LogP contribution in [0.3, 0.4) is 0 Å². The molecule has 2 aromatic rings. The van der Waals surface area contributed by atoms with Crippen molar-refractivity contribution in [3.8, 4) is 0 Å². The highest BCUT2D eigenvalue weighted by atomic mass is 35.5. The zero-order valence-electron chi connectivity index (χ0n) is 15.5. The maximum Gasteiger partial charge on any atom is 0.317 e. The molecule has 0 spiro atoms. The van der Waals surface area contributed by atoms with E-state index in [0.29, 0.717) is 6.54 Å². The minimum atomic E-state index is 0.0279. The summed E-state index contributed by atoms with van der Waals surface area (Å²) in [5.41, 5.74) is 5.08. The van der Waals surface area contributed by atoms with Gasteiger partial charge in [0.05, 0.1) is 0 Å². The number of carbonyl (C=O) groups excluding carboxylic acids is 1. The lowest BCUT2D eigenvalue weighted by Gasteiger charge is -2.37. The number of rotatable bonds is 4. The normalized spacial score (nSPS) is 14.4. The summed E-state index contributed by atoms with van der Waals surface area (Å²) in [5, 5.41) is 3.76. The number of anilines is 1. The van der Waals surface area contributed by atoms with Crippen LogP contribution in [0.1, 0.15) is 16.7 Å². The minimum absolute atomic E-state index is 0.0279. The molecule has 1 heterocycles. The molecule has 2 amide bonds. The number of amides is 2. The summed E-state index contributed by atoms with van der Waals surface area (Å²) in [6.45, 7) is 8.18. The molecule has 3 rings (SSSR count). The molecule has 4 nitrogen and oxygen atoms in total. The van der Waals surface area contributed by atoms with Gasteiger partial charge in [-0.2, -0.15) is 0 Å². The van der Waals surface area contributed by atoms with Gasteiger partial charge in [0, 0.05) is 43.4 Å². The number of hydrogen-bond donors (Lipinski definition) is 1. The van der Waals surface area contributed by atoms with Crippen molar-refractivity contribution < 1.29 is 4.79 Å². The molecule has 0 atom stereocenters. The van der Waals surface area contributed by atoms with E-state index in [9.17, 15) is 4.79 Å². The van der Waals surface area contributed by atoms with Crippen LogP contribution in [0.2, 0.25) is 5.02 Å². The SMILES string of the molecule is Cc1cccc(C)c1N1CCN(C(=O)NCCc2ccc(Cl)cc2)CC1. The maximum absolute atomic E-state index is 12.4. The summed E-state index contributed by atoms with van der Waals surface area (Å²) in [7, 11) is 0. The van der Waals surface area contributed by atoms with Gasteiger partial charge < -0.3 is 15.1 Å². The van der Waals surface area contributed by atoms with Crippen LogP contribution in [0, 0.1) is 13.8 Å². The Bertz CT molecular complexity index is 732. The summed E-state index contributed by atoms with van der Waals surface area (Å²) in [6.07, 6.45) is 0.811. The van der Waals surface area contributed by atoms with Gasteiger partial charge >= 0.3 is 6.03 Å². The third-order valence-electron chi connectivity index (χ3n) is 4.93. The fraction of sp³-hybridized carbons (Fsp3) is 0.381. The largest absolute Gasteiger partial charge is 0.368 e. The maximum atomic E-state index is 12.4. The van der Waals surface area contributed by atoms with Gasteiger partial charge in [0.15, 0.2) is 0 Å². The lowest BCUT2D eigenvalue weighted by Crippen LogP contribution is -2.52. The molecular weight excluding hydrogens is 346 g/mol. The first-order chi connectivity index (χ1) is 12.5. The highest BCUT2D eigenvalue weighted by molar-refractivity contribution is 6.30. The van der Waals surface area contributed by atoms with Gasteiger partial charge in [0.1, 0.15) is 0 Å². The van der Waals surface area contributed by atoms with Crippen molar-refractivity contribution in [2.45, 2.75) is 20.3 Å². The molecule has 0 bridgehead atoms. The molecule has 1 fully saturated rings. The predicted octanol–water partition coefficient (Wildman–Crippen LogP) is 4.03. The third-order valence-corrected chi connectivity index (χ3v) is 5.18. The number of benzene rings is 2. The molecule has 0 saturated carbocycles. The molecule has 1 saturated heterocycles. The van der Waals surface area contributed by atoms with E-state index in [1.165, 1.54) is 22.4 Å². The van der Waals surface area contributed by atoms with Crippen LogP contribution >= 0.6 is 11.6 Å². The van der Waals surface area contributed by atoms with Gasteiger partial charge in [-0.15, -0.1) is 0 Å². The third kappa shape index (κ3) is 4.50. The van der Waals surface area contributed by atoms with Gasteiger partial charge in [0.25, 0.3) is 0 Å². The zero-order valence-corrected chi connectivity index (χ0v) is 16.2. The number of aryl methyl sites for hydroxylation is 2. The lowest BCUT2D eigenvalue weighted by molar-refractivity contribution is 0.194. The Labute approximate surface area is 160 Å². The number of piperazine rings is 1. The van der Waals surface area contributed by atoms with Crippen molar-refractivity contribution in [3.05, 3.63) is 64.2 Å². The minimum Gasteiger partial charge on any atom is -0.368 e. The highest BCUT2D eigenvalue weighted by Crippen LogP contribution is 2.25. The number of halogens is 1. The Morgan fingerprint density at radius 2 is 1.62 bits per heavy atom. The van der Waals surface area contributed by atoms with Crippen molar-refractivity contribution in [2.24, 2.45) is 0 Å². The van der Waals surface area contributed by atoms with Crippen molar-refractivity contribution in [1.29, 1.82) is 0 Å². The molecule has 1 N–H and O–H groups in total. The number of para-hydroxylation sites is 1. The summed E-state index contributed by atoms with van der Waals surface area (Å²) in [6, 6.07) is 14.2. The Morgan fingerprint density at radius 1 is 1.00 bits per heavy atom. The molecule has 2 aromatic carbocycles. The summed E-state index contributed by atoms with van der Waals surface area (Å²) in [5.74, 6) is 0. The van der Waals surface area contributed by atoms with E-state index in [1.54, 1.807) is 0 Å². The van der Waals surface area contributed by atoms with Gasteiger partial charge in [0.2, 0.25) is 0 Å². The molecule has 0 aliphatic carbocycles. The molecule has 26 heavy (non-hydrogen) atoms. The predicted molar refractivity (Wildman–Crippen MR) is 108 cm³/mol. The van der Waals surface area contributed by atoms with E-state index in [1.807, 2.05) is 29.2 Å². The van der Waals surface area contributed by atoms with E-state index in [0.717, 1.165) is 37.6 Å². The second kappa shape index (κ2) is 8.45. The molecule has 5 heteroatoms. The Hall–Kier alpha value is -2.20. The molecule has 1 aliphatic heterocycles. The number of urea groups is 1. The Kier molecular flexibility index (Phi) is 6.04. The summed E-state index contributed by atoms with van der Waals surface area (Å²) < 4.78 is 0.